The fourth-order valence-corrected chi connectivity index (χ4v) is 3.37. The molecule has 33 heavy (non-hydrogen) atoms. The lowest BCUT2D eigenvalue weighted by atomic mass is 10.0. The first kappa shape index (κ1) is 23.9. The van der Waals surface area contributed by atoms with Crippen LogP contribution in [0.1, 0.15) is 35.1 Å². The predicted octanol–water partition coefficient (Wildman–Crippen LogP) is 5.06. The lowest BCUT2D eigenvalue weighted by molar-refractivity contribution is -0.121. The molecule has 172 valence electrons. The van der Waals surface area contributed by atoms with Gasteiger partial charge in [0, 0.05) is 6.42 Å². The molecule has 1 N–H and O–H groups in total. The van der Waals surface area contributed by atoms with E-state index in [2.05, 4.69) is 17.5 Å². The molecule has 0 fully saturated rings. The van der Waals surface area contributed by atoms with Crippen molar-refractivity contribution in [3.05, 3.63) is 89.0 Å². The Kier molecular flexibility index (Phi) is 8.88. The van der Waals surface area contributed by atoms with Crippen LogP contribution in [0.5, 0.6) is 17.2 Å². The molecule has 0 aliphatic heterocycles. The van der Waals surface area contributed by atoms with Gasteiger partial charge >= 0.3 is 0 Å². The van der Waals surface area contributed by atoms with E-state index in [-0.39, 0.29) is 5.91 Å². The topological polar surface area (TPSA) is 69.2 Å². The summed E-state index contributed by atoms with van der Waals surface area (Å²) in [4.78, 5) is 12.1. The molecule has 0 saturated heterocycles. The standard InChI is InChI=1S/C27H30N2O4/c1-20-16-24(31-2)14-13-23(20)10-7-11-27(30)29-28-18-22-12-15-25(26(17-22)32-3)33-19-21-8-5-4-6-9-21/h4-6,8-9,12-18H,7,10-11,19H2,1-3H3,(H,29,30)/b28-18-. The van der Waals surface area contributed by atoms with Gasteiger partial charge < -0.3 is 14.2 Å². The predicted molar refractivity (Wildman–Crippen MR) is 130 cm³/mol. The minimum atomic E-state index is -0.118. The number of ether oxygens (including phenoxy) is 3. The average molecular weight is 447 g/mol. The molecule has 0 aromatic heterocycles. The summed E-state index contributed by atoms with van der Waals surface area (Å²) in [7, 11) is 3.25. The highest BCUT2D eigenvalue weighted by Crippen LogP contribution is 2.28. The second-order valence-corrected chi connectivity index (χ2v) is 7.62. The Morgan fingerprint density at radius 1 is 0.970 bits per heavy atom. The molecule has 0 aliphatic rings. The monoisotopic (exact) mass is 446 g/mol. The SMILES string of the molecule is COc1ccc(CCCC(=O)N/N=C\c2ccc(OCc3ccccc3)c(OC)c2)c(C)c1. The zero-order valence-corrected chi connectivity index (χ0v) is 19.3. The number of hydrogen-bond acceptors (Lipinski definition) is 5. The van der Waals surface area contributed by atoms with E-state index in [1.165, 1.54) is 5.56 Å². The van der Waals surface area contributed by atoms with E-state index >= 15 is 0 Å². The van der Waals surface area contributed by atoms with Crippen LogP contribution in [0, 0.1) is 6.92 Å². The van der Waals surface area contributed by atoms with Gasteiger partial charge in [-0.15, -0.1) is 0 Å². The van der Waals surface area contributed by atoms with Crippen LogP contribution in [-0.2, 0) is 17.8 Å². The summed E-state index contributed by atoms with van der Waals surface area (Å²) in [5.41, 5.74) is 6.85. The molecule has 0 bridgehead atoms. The van der Waals surface area contributed by atoms with Gasteiger partial charge in [0.05, 0.1) is 20.4 Å². The molecule has 0 spiro atoms. The molecule has 0 heterocycles. The van der Waals surface area contributed by atoms with E-state index in [0.29, 0.717) is 24.5 Å². The van der Waals surface area contributed by atoms with Crippen LogP contribution in [0.3, 0.4) is 0 Å². The quantitative estimate of drug-likeness (QED) is 0.330. The number of hydrogen-bond donors (Lipinski definition) is 1. The summed E-state index contributed by atoms with van der Waals surface area (Å²) in [5, 5.41) is 4.07. The summed E-state index contributed by atoms with van der Waals surface area (Å²) >= 11 is 0. The van der Waals surface area contributed by atoms with Crippen LogP contribution in [-0.4, -0.2) is 26.3 Å². The number of carbonyl (C=O) groups excluding carboxylic acids is 1. The van der Waals surface area contributed by atoms with E-state index in [1.54, 1.807) is 20.4 Å². The van der Waals surface area contributed by atoms with Crippen LogP contribution < -0.4 is 19.6 Å². The van der Waals surface area contributed by atoms with E-state index < -0.39 is 0 Å². The van der Waals surface area contributed by atoms with Crippen LogP contribution in [0.2, 0.25) is 0 Å². The van der Waals surface area contributed by atoms with Crippen molar-refractivity contribution in [1.29, 1.82) is 0 Å². The fraction of sp³-hybridized carbons (Fsp3) is 0.259. The lowest BCUT2D eigenvalue weighted by Crippen LogP contribution is -2.17. The number of aryl methyl sites for hydroxylation is 2. The largest absolute Gasteiger partial charge is 0.497 e. The van der Waals surface area contributed by atoms with Gasteiger partial charge in [-0.2, -0.15) is 5.10 Å². The van der Waals surface area contributed by atoms with Crippen LogP contribution >= 0.6 is 0 Å². The van der Waals surface area contributed by atoms with Crippen molar-refractivity contribution < 1.29 is 19.0 Å². The first-order valence-corrected chi connectivity index (χ1v) is 10.9. The van der Waals surface area contributed by atoms with Gasteiger partial charge in [-0.3, -0.25) is 4.79 Å². The van der Waals surface area contributed by atoms with Crippen molar-refractivity contribution in [1.82, 2.24) is 5.43 Å². The Hall–Kier alpha value is -3.80. The Balaban J connectivity index is 1.46. The second-order valence-electron chi connectivity index (χ2n) is 7.62. The zero-order valence-electron chi connectivity index (χ0n) is 19.3. The van der Waals surface area contributed by atoms with Gasteiger partial charge in [0.25, 0.3) is 0 Å². The molecule has 6 heteroatoms. The fourth-order valence-electron chi connectivity index (χ4n) is 3.37. The Bertz CT molecular complexity index is 1080. The molecule has 0 unspecified atom stereocenters. The third-order valence-electron chi connectivity index (χ3n) is 5.23. The molecular formula is C27H30N2O4. The highest BCUT2D eigenvalue weighted by atomic mass is 16.5. The molecule has 3 aromatic carbocycles. The highest BCUT2D eigenvalue weighted by Gasteiger charge is 2.07. The van der Waals surface area contributed by atoms with Crippen LogP contribution in [0.4, 0.5) is 0 Å². The summed E-state index contributed by atoms with van der Waals surface area (Å²) in [6, 6.07) is 21.5. The summed E-state index contributed by atoms with van der Waals surface area (Å²) in [6.45, 7) is 2.51. The van der Waals surface area contributed by atoms with Gasteiger partial charge in [-0.1, -0.05) is 36.4 Å². The van der Waals surface area contributed by atoms with Gasteiger partial charge in [0.1, 0.15) is 12.4 Å². The number of hydrazone groups is 1. The average Bonchev–Trinajstić information content (AvgIpc) is 2.84. The maximum absolute atomic E-state index is 12.1. The molecule has 3 rings (SSSR count). The Labute approximate surface area is 195 Å². The zero-order chi connectivity index (χ0) is 23.5. The minimum Gasteiger partial charge on any atom is -0.497 e. The summed E-state index contributed by atoms with van der Waals surface area (Å²) in [6.07, 6.45) is 3.57. The molecule has 1 amide bonds. The first-order chi connectivity index (χ1) is 16.1. The summed E-state index contributed by atoms with van der Waals surface area (Å²) < 4.78 is 16.5. The molecule has 0 radical (unpaired) electrons. The van der Waals surface area contributed by atoms with Gasteiger partial charge in [0.2, 0.25) is 5.91 Å². The Morgan fingerprint density at radius 3 is 2.52 bits per heavy atom. The van der Waals surface area contributed by atoms with Crippen molar-refractivity contribution >= 4 is 12.1 Å². The van der Waals surface area contributed by atoms with E-state index in [4.69, 9.17) is 14.2 Å². The third-order valence-corrected chi connectivity index (χ3v) is 5.23. The number of nitrogens with zero attached hydrogens (tertiary/aromatic N) is 1. The van der Waals surface area contributed by atoms with Crippen molar-refractivity contribution in [2.24, 2.45) is 5.10 Å². The van der Waals surface area contributed by atoms with Crippen LogP contribution in [0.25, 0.3) is 0 Å². The smallest absolute Gasteiger partial charge is 0.240 e. The normalized spacial score (nSPS) is 10.8. The number of nitrogens with one attached hydrogen (secondary N) is 1. The van der Waals surface area contributed by atoms with Crippen molar-refractivity contribution in [2.75, 3.05) is 14.2 Å². The molecule has 3 aromatic rings. The molecular weight excluding hydrogens is 416 g/mol. The molecule has 0 atom stereocenters. The number of benzene rings is 3. The third kappa shape index (κ3) is 7.38. The van der Waals surface area contributed by atoms with E-state index in [0.717, 1.165) is 35.3 Å². The maximum Gasteiger partial charge on any atom is 0.240 e. The van der Waals surface area contributed by atoms with Crippen molar-refractivity contribution in [3.63, 3.8) is 0 Å². The number of methoxy groups -OCH3 is 2. The number of rotatable bonds is 11. The molecule has 0 saturated carbocycles. The maximum atomic E-state index is 12.1. The lowest BCUT2D eigenvalue weighted by Gasteiger charge is -2.11. The van der Waals surface area contributed by atoms with Crippen LogP contribution in [0.15, 0.2) is 71.8 Å². The van der Waals surface area contributed by atoms with Gasteiger partial charge in [-0.05, 0) is 72.4 Å². The summed E-state index contributed by atoms with van der Waals surface area (Å²) in [5.74, 6) is 1.98. The molecule has 6 nitrogen and oxygen atoms in total. The van der Waals surface area contributed by atoms with Gasteiger partial charge in [-0.25, -0.2) is 5.43 Å². The highest BCUT2D eigenvalue weighted by molar-refractivity contribution is 5.83. The van der Waals surface area contributed by atoms with E-state index in [1.807, 2.05) is 66.7 Å². The number of amides is 1. The molecule has 0 aliphatic carbocycles. The number of carbonyl (C=O) groups is 1. The Morgan fingerprint density at radius 2 is 1.79 bits per heavy atom. The minimum absolute atomic E-state index is 0.118. The van der Waals surface area contributed by atoms with Crippen molar-refractivity contribution in [3.8, 4) is 17.2 Å². The second kappa shape index (κ2) is 12.3. The van der Waals surface area contributed by atoms with Crippen molar-refractivity contribution in [2.45, 2.75) is 32.8 Å². The van der Waals surface area contributed by atoms with Gasteiger partial charge in [0.15, 0.2) is 11.5 Å². The van der Waals surface area contributed by atoms with E-state index in [9.17, 15) is 4.79 Å². The first-order valence-electron chi connectivity index (χ1n) is 10.9.